The van der Waals surface area contributed by atoms with Gasteiger partial charge in [-0.25, -0.2) is 4.98 Å². The molecule has 4 heterocycles. The van der Waals surface area contributed by atoms with Crippen molar-refractivity contribution in [3.63, 3.8) is 0 Å². The lowest BCUT2D eigenvalue weighted by Gasteiger charge is -2.13. The van der Waals surface area contributed by atoms with E-state index in [2.05, 4.69) is 20.3 Å². The smallest absolute Gasteiger partial charge is 0.260 e. The van der Waals surface area contributed by atoms with E-state index in [0.717, 1.165) is 20.8 Å². The molecular formula is C18H16N4OS2. The molecule has 4 rings (SSSR count). The Kier molecular flexibility index (Phi) is 4.44. The Hall–Kier alpha value is -2.35. The van der Waals surface area contributed by atoms with Gasteiger partial charge in [0.1, 0.15) is 10.7 Å². The van der Waals surface area contributed by atoms with E-state index in [-0.39, 0.29) is 11.6 Å². The minimum absolute atomic E-state index is 0.0652. The van der Waals surface area contributed by atoms with Gasteiger partial charge in [0, 0.05) is 34.8 Å². The van der Waals surface area contributed by atoms with Gasteiger partial charge in [0.05, 0.1) is 11.4 Å². The fraction of sp³-hybridized carbons (Fsp3) is 0.167. The molecule has 4 aromatic heterocycles. The lowest BCUT2D eigenvalue weighted by molar-refractivity contribution is 0.546. The van der Waals surface area contributed by atoms with E-state index in [1.807, 2.05) is 48.1 Å². The van der Waals surface area contributed by atoms with Crippen LogP contribution in [0.3, 0.4) is 0 Å². The molecule has 1 atom stereocenters. The van der Waals surface area contributed by atoms with Crippen LogP contribution in [-0.4, -0.2) is 15.0 Å². The van der Waals surface area contributed by atoms with E-state index >= 15 is 0 Å². The number of nitrogens with zero attached hydrogens (tertiary/aromatic N) is 2. The van der Waals surface area contributed by atoms with Crippen LogP contribution in [0.2, 0.25) is 0 Å². The SMILES string of the molecule is C[C@@H](NCc1cccnc1)c1nc2scc(-c3cccs3)c2c(=O)[nH]1. The van der Waals surface area contributed by atoms with E-state index < -0.39 is 0 Å². The lowest BCUT2D eigenvalue weighted by atomic mass is 10.2. The van der Waals surface area contributed by atoms with E-state index in [0.29, 0.717) is 17.8 Å². The largest absolute Gasteiger partial charge is 0.309 e. The maximum atomic E-state index is 12.6. The Morgan fingerprint density at radius 2 is 2.20 bits per heavy atom. The van der Waals surface area contributed by atoms with Crippen LogP contribution in [0.5, 0.6) is 0 Å². The summed E-state index contributed by atoms with van der Waals surface area (Å²) in [5, 5.41) is 8.08. The average molecular weight is 368 g/mol. The van der Waals surface area contributed by atoms with Crippen molar-refractivity contribution in [1.29, 1.82) is 0 Å². The summed E-state index contributed by atoms with van der Waals surface area (Å²) in [6.07, 6.45) is 3.58. The fourth-order valence-electron chi connectivity index (χ4n) is 2.65. The molecule has 0 unspecified atom stereocenters. The minimum atomic E-state index is -0.0836. The third kappa shape index (κ3) is 3.26. The fourth-order valence-corrected chi connectivity index (χ4v) is 4.42. The molecule has 7 heteroatoms. The maximum absolute atomic E-state index is 12.6. The normalized spacial score (nSPS) is 12.5. The zero-order valence-electron chi connectivity index (χ0n) is 13.5. The average Bonchev–Trinajstić information content (AvgIpc) is 3.29. The molecule has 0 aliphatic rings. The van der Waals surface area contributed by atoms with Crippen LogP contribution in [0.4, 0.5) is 0 Å². The van der Waals surface area contributed by atoms with Crippen LogP contribution in [0.25, 0.3) is 20.7 Å². The molecular weight excluding hydrogens is 352 g/mol. The summed E-state index contributed by atoms with van der Waals surface area (Å²) in [5.74, 6) is 0.654. The number of pyridine rings is 1. The zero-order valence-corrected chi connectivity index (χ0v) is 15.2. The molecule has 25 heavy (non-hydrogen) atoms. The first-order valence-corrected chi connectivity index (χ1v) is 9.66. The molecule has 0 saturated heterocycles. The van der Waals surface area contributed by atoms with Crippen molar-refractivity contribution in [2.75, 3.05) is 0 Å². The van der Waals surface area contributed by atoms with Crippen LogP contribution in [-0.2, 0) is 6.54 Å². The van der Waals surface area contributed by atoms with Crippen LogP contribution in [0.1, 0.15) is 24.4 Å². The number of nitrogens with one attached hydrogen (secondary N) is 2. The van der Waals surface area contributed by atoms with E-state index in [1.165, 1.54) is 11.3 Å². The molecule has 0 bridgehead atoms. The summed E-state index contributed by atoms with van der Waals surface area (Å²) in [6, 6.07) is 7.87. The van der Waals surface area contributed by atoms with Crippen molar-refractivity contribution in [2.24, 2.45) is 0 Å². The number of fused-ring (bicyclic) bond motifs is 1. The molecule has 0 fully saturated rings. The summed E-state index contributed by atoms with van der Waals surface area (Å²) < 4.78 is 0. The topological polar surface area (TPSA) is 70.7 Å². The first kappa shape index (κ1) is 16.1. The Bertz CT molecular complexity index is 1040. The third-order valence-corrected chi connectivity index (χ3v) is 5.77. The highest BCUT2D eigenvalue weighted by Gasteiger charge is 2.16. The second-order valence-corrected chi connectivity index (χ2v) is 7.53. The van der Waals surface area contributed by atoms with Crippen molar-refractivity contribution >= 4 is 32.9 Å². The van der Waals surface area contributed by atoms with Gasteiger partial charge in [0.15, 0.2) is 0 Å². The summed E-state index contributed by atoms with van der Waals surface area (Å²) >= 11 is 3.14. The second kappa shape index (κ2) is 6.87. The van der Waals surface area contributed by atoms with Gasteiger partial charge in [-0.1, -0.05) is 12.1 Å². The number of H-pyrrole nitrogens is 1. The monoisotopic (exact) mass is 368 g/mol. The van der Waals surface area contributed by atoms with Crippen molar-refractivity contribution in [2.45, 2.75) is 19.5 Å². The quantitative estimate of drug-likeness (QED) is 0.559. The van der Waals surface area contributed by atoms with Gasteiger partial charge in [-0.2, -0.15) is 0 Å². The van der Waals surface area contributed by atoms with Gasteiger partial charge in [-0.05, 0) is 30.0 Å². The molecule has 4 aromatic rings. The molecule has 0 aromatic carbocycles. The first-order chi connectivity index (χ1) is 12.2. The summed E-state index contributed by atoms with van der Waals surface area (Å²) in [7, 11) is 0. The number of thiophene rings is 2. The molecule has 2 N–H and O–H groups in total. The van der Waals surface area contributed by atoms with Crippen molar-refractivity contribution < 1.29 is 0 Å². The van der Waals surface area contributed by atoms with Crippen molar-refractivity contribution in [1.82, 2.24) is 20.3 Å². The molecule has 0 saturated carbocycles. The van der Waals surface area contributed by atoms with Crippen LogP contribution >= 0.6 is 22.7 Å². The van der Waals surface area contributed by atoms with Gasteiger partial charge in [0.25, 0.3) is 5.56 Å². The van der Waals surface area contributed by atoms with Crippen LogP contribution < -0.4 is 10.9 Å². The molecule has 5 nitrogen and oxygen atoms in total. The number of aromatic amines is 1. The summed E-state index contributed by atoms with van der Waals surface area (Å²) in [4.78, 5) is 26.2. The minimum Gasteiger partial charge on any atom is -0.309 e. The standard InChI is InChI=1S/C18H16N4OS2/c1-11(20-9-12-4-2-6-19-8-12)16-21-17(23)15-13(10-25-18(15)22-16)14-5-3-7-24-14/h2-8,10-11,20H,9H2,1H3,(H,21,22,23)/t11-/m1/s1. The van der Waals surface area contributed by atoms with Gasteiger partial charge < -0.3 is 10.3 Å². The maximum Gasteiger partial charge on any atom is 0.260 e. The third-order valence-electron chi connectivity index (χ3n) is 3.99. The Balaban J connectivity index is 1.62. The highest BCUT2D eigenvalue weighted by atomic mass is 32.1. The predicted octanol–water partition coefficient (Wildman–Crippen LogP) is 3.96. The molecule has 126 valence electrons. The number of rotatable bonds is 5. The Labute approximate surface area is 152 Å². The second-order valence-electron chi connectivity index (χ2n) is 5.72. The number of hydrogen-bond acceptors (Lipinski definition) is 6. The molecule has 0 spiro atoms. The molecule has 0 radical (unpaired) electrons. The van der Waals surface area contributed by atoms with E-state index in [1.54, 1.807) is 17.5 Å². The van der Waals surface area contributed by atoms with Gasteiger partial charge in [-0.15, -0.1) is 22.7 Å². The van der Waals surface area contributed by atoms with Gasteiger partial charge in [-0.3, -0.25) is 9.78 Å². The van der Waals surface area contributed by atoms with Crippen molar-refractivity contribution in [3.8, 4) is 10.4 Å². The van der Waals surface area contributed by atoms with E-state index in [9.17, 15) is 4.79 Å². The van der Waals surface area contributed by atoms with Crippen LogP contribution in [0, 0.1) is 0 Å². The highest BCUT2D eigenvalue weighted by Crippen LogP contribution is 2.33. The Morgan fingerprint density at radius 3 is 2.96 bits per heavy atom. The molecule has 0 aliphatic carbocycles. The number of aromatic nitrogens is 3. The number of hydrogen-bond donors (Lipinski definition) is 2. The summed E-state index contributed by atoms with van der Waals surface area (Å²) in [6.45, 7) is 2.66. The molecule has 0 aliphatic heterocycles. The predicted molar refractivity (Wildman–Crippen MR) is 103 cm³/mol. The van der Waals surface area contributed by atoms with E-state index in [4.69, 9.17) is 0 Å². The van der Waals surface area contributed by atoms with Gasteiger partial charge in [0.2, 0.25) is 0 Å². The van der Waals surface area contributed by atoms with Gasteiger partial charge >= 0.3 is 0 Å². The van der Waals surface area contributed by atoms with Crippen LogP contribution in [0.15, 0.2) is 52.2 Å². The zero-order chi connectivity index (χ0) is 17.2. The lowest BCUT2D eigenvalue weighted by Crippen LogP contribution is -2.23. The first-order valence-electron chi connectivity index (χ1n) is 7.90. The van der Waals surface area contributed by atoms with Crippen molar-refractivity contribution in [3.05, 3.63) is 69.2 Å². The highest BCUT2D eigenvalue weighted by molar-refractivity contribution is 7.18. The molecule has 0 amide bonds. The summed E-state index contributed by atoms with van der Waals surface area (Å²) in [5.41, 5.74) is 1.97. The Morgan fingerprint density at radius 1 is 1.28 bits per heavy atom.